The number of hydrogen-bond acceptors (Lipinski definition) is 10. The smallest absolute Gasteiger partial charge is 0.422 e. The summed E-state index contributed by atoms with van der Waals surface area (Å²) in [6.45, 7) is -2.60. The molecule has 0 aliphatic carbocycles. The van der Waals surface area contributed by atoms with Gasteiger partial charge in [0.25, 0.3) is 0 Å². The van der Waals surface area contributed by atoms with Crippen LogP contribution in [-0.2, 0) is 13.1 Å². The van der Waals surface area contributed by atoms with Gasteiger partial charge in [0.15, 0.2) is 6.61 Å². The van der Waals surface area contributed by atoms with Gasteiger partial charge < -0.3 is 20.5 Å². The number of benzene rings is 2. The molecule has 4 rings (SSSR count). The summed E-state index contributed by atoms with van der Waals surface area (Å²) in [4.78, 5) is 22.1. The first-order valence-corrected chi connectivity index (χ1v) is 13.0. The maximum absolute atomic E-state index is 12.8. The molecule has 0 aliphatic rings. The number of rotatable bonds is 8. The molecule has 0 saturated carbocycles. The van der Waals surface area contributed by atoms with E-state index in [0.717, 1.165) is 11.1 Å². The average Bonchev–Trinajstić information content (AvgIpc) is 2.95. The number of anilines is 2. The van der Waals surface area contributed by atoms with Gasteiger partial charge in [0.1, 0.15) is 18.2 Å². The van der Waals surface area contributed by atoms with Crippen LogP contribution in [0.15, 0.2) is 48.5 Å². The summed E-state index contributed by atoms with van der Waals surface area (Å²) in [5, 5.41) is 12.6. The van der Waals surface area contributed by atoms with Gasteiger partial charge in [0.2, 0.25) is 27.7 Å². The van der Waals surface area contributed by atoms with Gasteiger partial charge in [-0.15, -0.1) is 0 Å². The fourth-order valence-corrected chi connectivity index (χ4v) is 3.11. The number of aliphatic hydroxyl groups is 1. The molecule has 3 N–H and O–H groups in total. The second-order valence-electron chi connectivity index (χ2n) is 8.04. The monoisotopic (exact) mass is 708 g/mol. The second kappa shape index (κ2) is 17.6. The van der Waals surface area contributed by atoms with Gasteiger partial charge in [-0.25, -0.2) is 8.78 Å². The largest absolute Gasteiger partial charge is 0.454 e. The predicted molar refractivity (Wildman–Crippen MR) is 147 cm³/mol. The Hall–Kier alpha value is -3.87. The van der Waals surface area contributed by atoms with E-state index in [9.17, 15) is 35.1 Å². The average molecular weight is 710 g/mol. The van der Waals surface area contributed by atoms with Crippen molar-refractivity contribution in [2.45, 2.75) is 25.4 Å². The van der Waals surface area contributed by atoms with E-state index in [-0.39, 0.29) is 45.9 Å². The Kier molecular flexibility index (Phi) is 14.6. The molecular formula is C24H19Cl3F8N8O2. The summed E-state index contributed by atoms with van der Waals surface area (Å²) >= 11 is 16.8. The van der Waals surface area contributed by atoms with Crippen molar-refractivity contribution < 1.29 is 45.0 Å². The van der Waals surface area contributed by atoms with Crippen molar-refractivity contribution >= 4 is 46.7 Å². The van der Waals surface area contributed by atoms with Crippen LogP contribution in [0.25, 0.3) is 0 Å². The maximum atomic E-state index is 12.8. The van der Waals surface area contributed by atoms with Crippen molar-refractivity contribution in [1.29, 1.82) is 0 Å². The minimum Gasteiger partial charge on any atom is -0.454 e. The minimum absolute atomic E-state index is 0.0200. The topological polar surface area (TPSA) is 131 Å². The highest BCUT2D eigenvalue weighted by molar-refractivity contribution is 6.31. The molecule has 0 spiro atoms. The molecule has 0 amide bonds. The normalized spacial score (nSPS) is 11.0. The van der Waals surface area contributed by atoms with E-state index in [1.807, 2.05) is 0 Å². The van der Waals surface area contributed by atoms with Crippen LogP contribution in [0.5, 0.6) is 6.01 Å². The molecule has 2 heterocycles. The van der Waals surface area contributed by atoms with Crippen molar-refractivity contribution in [2.75, 3.05) is 23.8 Å². The molecule has 0 atom stereocenters. The van der Waals surface area contributed by atoms with Crippen LogP contribution in [0, 0.1) is 11.6 Å². The first kappa shape index (κ1) is 37.3. The predicted octanol–water partition coefficient (Wildman–Crippen LogP) is 6.69. The Morgan fingerprint density at radius 2 is 0.978 bits per heavy atom. The second-order valence-corrected chi connectivity index (χ2v) is 9.06. The number of hydrogen-bond donors (Lipinski definition) is 3. The SMILES string of the molecule is Fc1ccc(CNc2nc(Cl)nc(Cl)n2)cc1.Fc1ccc(CNc2nc(Cl)nc(OCC(F)(F)F)n2)cc1.OCC(F)(F)F. The third kappa shape index (κ3) is 16.7. The number of nitrogens with one attached hydrogen (secondary N) is 2. The number of aromatic nitrogens is 6. The molecule has 2 aromatic heterocycles. The van der Waals surface area contributed by atoms with E-state index in [1.165, 1.54) is 36.4 Å². The van der Waals surface area contributed by atoms with Gasteiger partial charge >= 0.3 is 18.4 Å². The van der Waals surface area contributed by atoms with E-state index in [4.69, 9.17) is 39.9 Å². The summed E-state index contributed by atoms with van der Waals surface area (Å²) in [5.74, 6) is -0.435. The zero-order chi connectivity index (χ0) is 33.6. The quantitative estimate of drug-likeness (QED) is 0.170. The number of aliphatic hydroxyl groups excluding tert-OH is 1. The van der Waals surface area contributed by atoms with Crippen LogP contribution in [0.1, 0.15) is 11.1 Å². The Bertz CT molecular complexity index is 1470. The summed E-state index contributed by atoms with van der Waals surface area (Å²) < 4.78 is 97.6. The molecule has 45 heavy (non-hydrogen) atoms. The molecule has 0 fully saturated rings. The maximum Gasteiger partial charge on any atom is 0.422 e. The highest BCUT2D eigenvalue weighted by atomic mass is 35.5. The summed E-state index contributed by atoms with van der Waals surface area (Å²) in [6.07, 6.45) is -8.92. The highest BCUT2D eigenvalue weighted by Gasteiger charge is 2.29. The van der Waals surface area contributed by atoms with Gasteiger partial charge in [0, 0.05) is 13.1 Å². The molecule has 10 nitrogen and oxygen atoms in total. The summed E-state index contributed by atoms with van der Waals surface area (Å²) in [5.41, 5.74) is 1.61. The molecule has 21 heteroatoms. The van der Waals surface area contributed by atoms with Crippen molar-refractivity contribution in [1.82, 2.24) is 29.9 Å². The molecule has 0 aliphatic heterocycles. The van der Waals surface area contributed by atoms with Crippen LogP contribution in [-0.4, -0.2) is 60.6 Å². The van der Waals surface area contributed by atoms with E-state index in [1.54, 1.807) is 12.1 Å². The first-order chi connectivity index (χ1) is 21.0. The van der Waals surface area contributed by atoms with Crippen molar-refractivity contribution in [3.05, 3.63) is 87.1 Å². The standard InChI is InChI=1S/C12H9ClF4N4O.C10H7Cl2FN4.C2H3F3O/c13-9-19-10(18-5-7-1-3-8(14)4-2-7)21-11(20-9)22-6-12(15,16)17;11-8-15-9(12)17-10(16-8)14-5-6-1-3-7(13)4-2-6;3-2(4,5)1-6/h1-4H,5-6H2,(H,18,19,20,21);1-4H,5H2,(H,14,15,16,17);6H,1H2. The third-order valence-electron chi connectivity index (χ3n) is 4.44. The van der Waals surface area contributed by atoms with E-state index >= 15 is 0 Å². The molecular weight excluding hydrogens is 691 g/mol. The molecule has 0 bridgehead atoms. The highest BCUT2D eigenvalue weighted by Crippen LogP contribution is 2.18. The Balaban J connectivity index is 0.000000272. The number of halogens is 11. The number of ether oxygens (including phenoxy) is 1. The van der Waals surface area contributed by atoms with Crippen LogP contribution in [0.3, 0.4) is 0 Å². The van der Waals surface area contributed by atoms with E-state index in [2.05, 4.69) is 45.3 Å². The van der Waals surface area contributed by atoms with Crippen molar-refractivity contribution in [3.63, 3.8) is 0 Å². The molecule has 4 aromatic rings. The van der Waals surface area contributed by atoms with Crippen molar-refractivity contribution in [3.8, 4) is 6.01 Å². The first-order valence-electron chi connectivity index (χ1n) is 11.8. The Morgan fingerprint density at radius 1 is 0.600 bits per heavy atom. The lowest BCUT2D eigenvalue weighted by atomic mass is 10.2. The third-order valence-corrected chi connectivity index (χ3v) is 4.95. The lowest BCUT2D eigenvalue weighted by Crippen LogP contribution is -2.20. The van der Waals surface area contributed by atoms with E-state index < -0.39 is 31.6 Å². The minimum atomic E-state index is -4.51. The van der Waals surface area contributed by atoms with Gasteiger partial charge in [-0.1, -0.05) is 24.3 Å². The molecule has 244 valence electrons. The van der Waals surface area contributed by atoms with Gasteiger partial charge in [-0.2, -0.15) is 56.2 Å². The summed E-state index contributed by atoms with van der Waals surface area (Å²) in [6, 6.07) is 11.1. The van der Waals surface area contributed by atoms with E-state index in [0.29, 0.717) is 6.54 Å². The zero-order valence-corrected chi connectivity index (χ0v) is 24.4. The number of alkyl halides is 6. The molecule has 2 aromatic carbocycles. The summed E-state index contributed by atoms with van der Waals surface area (Å²) in [7, 11) is 0. The lowest BCUT2D eigenvalue weighted by molar-refractivity contribution is -0.159. The van der Waals surface area contributed by atoms with Gasteiger partial charge in [-0.05, 0) is 70.2 Å². The van der Waals surface area contributed by atoms with Crippen molar-refractivity contribution in [2.24, 2.45) is 0 Å². The molecule has 0 radical (unpaired) electrons. The Labute approximate surface area is 263 Å². The molecule has 0 unspecified atom stereocenters. The fraction of sp³-hybridized carbons (Fsp3) is 0.250. The lowest BCUT2D eigenvalue weighted by Gasteiger charge is -2.09. The molecule has 0 saturated heterocycles. The number of nitrogens with zero attached hydrogens (tertiary/aromatic N) is 6. The van der Waals surface area contributed by atoms with Crippen LogP contribution in [0.4, 0.5) is 47.0 Å². The van der Waals surface area contributed by atoms with Crippen LogP contribution in [0.2, 0.25) is 15.9 Å². The van der Waals surface area contributed by atoms with Crippen LogP contribution >= 0.6 is 34.8 Å². The van der Waals surface area contributed by atoms with Gasteiger partial charge in [-0.3, -0.25) is 0 Å². The van der Waals surface area contributed by atoms with Crippen LogP contribution < -0.4 is 15.4 Å². The van der Waals surface area contributed by atoms with Gasteiger partial charge in [0.05, 0.1) is 0 Å². The Morgan fingerprint density at radius 3 is 1.36 bits per heavy atom. The zero-order valence-electron chi connectivity index (χ0n) is 22.1. The fourth-order valence-electron chi connectivity index (χ4n) is 2.59.